The molecule has 3 aromatic heterocycles. The summed E-state index contributed by atoms with van der Waals surface area (Å²) < 4.78 is 27.7. The minimum Gasteiger partial charge on any atom is -0.489 e. The fraction of sp³-hybridized carbons (Fsp3) is 0.304. The smallest absolute Gasteiger partial charge is 0.278 e. The van der Waals surface area contributed by atoms with E-state index in [1.807, 2.05) is 38.4 Å². The van der Waals surface area contributed by atoms with Crippen LogP contribution in [0, 0.1) is 40.4 Å². The average Bonchev–Trinajstić information content (AvgIpc) is 3.38. The standard InChI is InChI=1S/C23H25FN6O3/c1-13-10-14(2)29(26-13)12-30-16(4)21(15(3)27-30)25-23(31)22-20(17(5)33-28-22)11-32-19-8-6-18(24)7-9-19/h6-10H,11-12H2,1-5H3,(H,25,31). The number of aryl methyl sites for hydroxylation is 4. The number of rotatable bonds is 7. The normalized spacial score (nSPS) is 11.1. The fourth-order valence-corrected chi connectivity index (χ4v) is 3.56. The second-order valence-corrected chi connectivity index (χ2v) is 7.88. The molecule has 172 valence electrons. The number of nitrogens with zero attached hydrogens (tertiary/aromatic N) is 5. The van der Waals surface area contributed by atoms with E-state index in [2.05, 4.69) is 20.7 Å². The molecule has 0 radical (unpaired) electrons. The molecule has 0 unspecified atom stereocenters. The molecule has 0 aliphatic heterocycles. The van der Waals surface area contributed by atoms with Gasteiger partial charge in [0.05, 0.1) is 28.3 Å². The number of ether oxygens (including phenoxy) is 1. The SMILES string of the molecule is Cc1cc(C)n(Cn2nc(C)c(NC(=O)c3noc(C)c3COc3ccc(F)cc3)c2C)n1. The van der Waals surface area contributed by atoms with Gasteiger partial charge in [-0.3, -0.25) is 4.79 Å². The van der Waals surface area contributed by atoms with Gasteiger partial charge in [0.25, 0.3) is 5.91 Å². The molecular weight excluding hydrogens is 427 g/mol. The number of hydrogen-bond acceptors (Lipinski definition) is 6. The average molecular weight is 452 g/mol. The minimum atomic E-state index is -0.429. The van der Waals surface area contributed by atoms with Crippen molar-refractivity contribution in [3.05, 3.63) is 75.9 Å². The Morgan fingerprint density at radius 2 is 1.82 bits per heavy atom. The summed E-state index contributed by atoms with van der Waals surface area (Å²) in [6.45, 7) is 9.82. The molecule has 1 amide bonds. The molecule has 0 fully saturated rings. The van der Waals surface area contributed by atoms with E-state index >= 15 is 0 Å². The van der Waals surface area contributed by atoms with Crippen molar-refractivity contribution in [1.29, 1.82) is 0 Å². The van der Waals surface area contributed by atoms with Gasteiger partial charge in [-0.05, 0) is 65.0 Å². The number of aromatic nitrogens is 5. The maximum absolute atomic E-state index is 13.1. The van der Waals surface area contributed by atoms with Gasteiger partial charge >= 0.3 is 0 Å². The van der Waals surface area contributed by atoms with Crippen LogP contribution in [0.3, 0.4) is 0 Å². The van der Waals surface area contributed by atoms with Crippen molar-refractivity contribution in [3.63, 3.8) is 0 Å². The Balaban J connectivity index is 1.51. The Bertz CT molecular complexity index is 1300. The van der Waals surface area contributed by atoms with Crippen molar-refractivity contribution in [2.24, 2.45) is 0 Å². The van der Waals surface area contributed by atoms with Crippen LogP contribution in [0.25, 0.3) is 0 Å². The van der Waals surface area contributed by atoms with Crippen LogP contribution in [0.4, 0.5) is 10.1 Å². The van der Waals surface area contributed by atoms with Crippen molar-refractivity contribution in [1.82, 2.24) is 24.7 Å². The fourth-order valence-electron chi connectivity index (χ4n) is 3.56. The number of carbonyl (C=O) groups excluding carboxylic acids is 1. The second kappa shape index (κ2) is 8.89. The van der Waals surface area contributed by atoms with Crippen LogP contribution in [-0.4, -0.2) is 30.6 Å². The monoisotopic (exact) mass is 452 g/mol. The summed E-state index contributed by atoms with van der Waals surface area (Å²) in [5, 5.41) is 15.8. The van der Waals surface area contributed by atoms with E-state index in [0.29, 0.717) is 35.1 Å². The van der Waals surface area contributed by atoms with Gasteiger partial charge in [-0.15, -0.1) is 0 Å². The zero-order chi connectivity index (χ0) is 23.7. The molecule has 1 N–H and O–H groups in total. The third-order valence-corrected chi connectivity index (χ3v) is 5.39. The molecule has 0 bridgehead atoms. The summed E-state index contributed by atoms with van der Waals surface area (Å²) in [6, 6.07) is 7.64. The topological polar surface area (TPSA) is 100 Å². The van der Waals surface area contributed by atoms with Gasteiger partial charge in [0.2, 0.25) is 0 Å². The van der Waals surface area contributed by atoms with Gasteiger partial charge in [0.15, 0.2) is 5.69 Å². The predicted octanol–water partition coefficient (Wildman–Crippen LogP) is 4.09. The van der Waals surface area contributed by atoms with E-state index in [0.717, 1.165) is 17.1 Å². The number of nitrogens with one attached hydrogen (secondary N) is 1. The van der Waals surface area contributed by atoms with Crippen LogP contribution in [-0.2, 0) is 13.3 Å². The predicted molar refractivity (Wildman–Crippen MR) is 119 cm³/mol. The first-order valence-corrected chi connectivity index (χ1v) is 10.4. The summed E-state index contributed by atoms with van der Waals surface area (Å²) in [4.78, 5) is 13.0. The Hall–Kier alpha value is -3.95. The zero-order valence-corrected chi connectivity index (χ0v) is 19.1. The first-order valence-electron chi connectivity index (χ1n) is 10.4. The Morgan fingerprint density at radius 3 is 2.48 bits per heavy atom. The van der Waals surface area contributed by atoms with Crippen molar-refractivity contribution >= 4 is 11.6 Å². The Kier molecular flexibility index (Phi) is 5.99. The van der Waals surface area contributed by atoms with Crippen LogP contribution in [0.5, 0.6) is 5.75 Å². The lowest BCUT2D eigenvalue weighted by atomic mass is 10.2. The molecule has 1 aromatic carbocycles. The molecule has 10 heteroatoms. The number of anilines is 1. The summed E-state index contributed by atoms with van der Waals surface area (Å²) in [5.41, 5.74) is 4.66. The lowest BCUT2D eigenvalue weighted by Crippen LogP contribution is -2.17. The molecule has 0 saturated heterocycles. The van der Waals surface area contributed by atoms with Gasteiger partial charge in [0, 0.05) is 5.69 Å². The van der Waals surface area contributed by atoms with Gasteiger partial charge in [0.1, 0.15) is 30.6 Å². The van der Waals surface area contributed by atoms with Gasteiger partial charge in [-0.2, -0.15) is 10.2 Å². The van der Waals surface area contributed by atoms with Gasteiger partial charge in [-0.25, -0.2) is 13.8 Å². The number of hydrogen-bond donors (Lipinski definition) is 1. The molecule has 0 aliphatic rings. The molecule has 9 nitrogen and oxygen atoms in total. The number of halogens is 1. The largest absolute Gasteiger partial charge is 0.489 e. The van der Waals surface area contributed by atoms with E-state index in [-0.39, 0.29) is 18.1 Å². The molecule has 3 heterocycles. The lowest BCUT2D eigenvalue weighted by Gasteiger charge is -2.09. The zero-order valence-electron chi connectivity index (χ0n) is 19.1. The lowest BCUT2D eigenvalue weighted by molar-refractivity contribution is 0.101. The van der Waals surface area contributed by atoms with Crippen LogP contribution in [0.1, 0.15) is 44.6 Å². The summed E-state index contributed by atoms with van der Waals surface area (Å²) in [7, 11) is 0. The van der Waals surface area contributed by atoms with Crippen LogP contribution in [0.2, 0.25) is 0 Å². The van der Waals surface area contributed by atoms with Crippen molar-refractivity contribution in [3.8, 4) is 5.75 Å². The third kappa shape index (κ3) is 4.64. The number of amides is 1. The highest BCUT2D eigenvalue weighted by molar-refractivity contribution is 6.04. The van der Waals surface area contributed by atoms with Crippen molar-refractivity contribution < 1.29 is 18.4 Å². The maximum Gasteiger partial charge on any atom is 0.278 e. The van der Waals surface area contributed by atoms with Crippen LogP contribution >= 0.6 is 0 Å². The summed E-state index contributed by atoms with van der Waals surface area (Å²) in [6.07, 6.45) is 0. The number of benzene rings is 1. The highest BCUT2D eigenvalue weighted by atomic mass is 19.1. The molecule has 0 aliphatic carbocycles. The molecule has 0 saturated carbocycles. The van der Waals surface area contributed by atoms with Gasteiger partial charge < -0.3 is 14.6 Å². The van der Waals surface area contributed by atoms with Crippen LogP contribution < -0.4 is 10.1 Å². The molecular formula is C23H25FN6O3. The van der Waals surface area contributed by atoms with Gasteiger partial charge in [-0.1, -0.05) is 5.16 Å². The highest BCUT2D eigenvalue weighted by Crippen LogP contribution is 2.23. The Morgan fingerprint density at radius 1 is 1.09 bits per heavy atom. The molecule has 0 atom stereocenters. The van der Waals surface area contributed by atoms with E-state index in [1.54, 1.807) is 11.6 Å². The third-order valence-electron chi connectivity index (χ3n) is 5.39. The highest BCUT2D eigenvalue weighted by Gasteiger charge is 2.23. The Labute approximate surface area is 190 Å². The number of carbonyl (C=O) groups is 1. The molecule has 0 spiro atoms. The van der Waals surface area contributed by atoms with Crippen molar-refractivity contribution in [2.75, 3.05) is 5.32 Å². The van der Waals surface area contributed by atoms with E-state index in [4.69, 9.17) is 9.26 Å². The first kappa shape index (κ1) is 22.3. The van der Waals surface area contributed by atoms with Crippen LogP contribution in [0.15, 0.2) is 34.9 Å². The summed E-state index contributed by atoms with van der Waals surface area (Å²) in [5.74, 6) is 0.158. The summed E-state index contributed by atoms with van der Waals surface area (Å²) >= 11 is 0. The molecule has 33 heavy (non-hydrogen) atoms. The van der Waals surface area contributed by atoms with E-state index in [9.17, 15) is 9.18 Å². The van der Waals surface area contributed by atoms with E-state index < -0.39 is 5.91 Å². The maximum atomic E-state index is 13.1. The molecule has 4 rings (SSSR count). The van der Waals surface area contributed by atoms with E-state index in [1.165, 1.54) is 24.3 Å². The van der Waals surface area contributed by atoms with Crippen molar-refractivity contribution in [2.45, 2.75) is 47.9 Å². The quantitative estimate of drug-likeness (QED) is 0.453. The second-order valence-electron chi connectivity index (χ2n) is 7.88. The minimum absolute atomic E-state index is 0.0544. The first-order chi connectivity index (χ1) is 15.7. The molecule has 4 aromatic rings.